The fourth-order valence-electron chi connectivity index (χ4n) is 3.77. The number of aryl methyl sites for hydroxylation is 2. The van der Waals surface area contributed by atoms with E-state index in [2.05, 4.69) is 5.10 Å². The van der Waals surface area contributed by atoms with E-state index in [4.69, 9.17) is 4.98 Å². The van der Waals surface area contributed by atoms with Crippen molar-refractivity contribution in [3.8, 4) is 5.69 Å². The summed E-state index contributed by atoms with van der Waals surface area (Å²) in [5.74, 6) is 0.857. The molecule has 7 heteroatoms. The van der Waals surface area contributed by atoms with Gasteiger partial charge in [-0.3, -0.25) is 9.36 Å². The number of para-hydroxylation sites is 1. The third-order valence-electron chi connectivity index (χ3n) is 4.97. The predicted molar refractivity (Wildman–Crippen MR) is 101 cm³/mol. The van der Waals surface area contributed by atoms with Gasteiger partial charge in [-0.1, -0.05) is 18.2 Å². The van der Waals surface area contributed by atoms with Crippen molar-refractivity contribution in [1.82, 2.24) is 19.2 Å². The van der Waals surface area contributed by atoms with Crippen LogP contribution in [0.3, 0.4) is 0 Å². The summed E-state index contributed by atoms with van der Waals surface area (Å²) in [5.41, 5.74) is 1.84. The molecule has 132 valence electrons. The molecule has 1 aliphatic rings. The van der Waals surface area contributed by atoms with Crippen molar-refractivity contribution >= 4 is 27.3 Å². The number of hydrogen-bond acceptors (Lipinski definition) is 5. The quantitative estimate of drug-likeness (QED) is 0.592. The average Bonchev–Trinajstić information content (AvgIpc) is 3.21. The molecule has 1 unspecified atom stereocenters. The van der Waals surface area contributed by atoms with E-state index in [9.17, 15) is 9.90 Å². The molecule has 0 aliphatic heterocycles. The van der Waals surface area contributed by atoms with Crippen LogP contribution in [0.2, 0.25) is 0 Å². The minimum absolute atomic E-state index is 0.138. The van der Waals surface area contributed by atoms with Gasteiger partial charge in [0, 0.05) is 4.88 Å². The van der Waals surface area contributed by atoms with Gasteiger partial charge >= 0.3 is 0 Å². The number of thiophene rings is 1. The van der Waals surface area contributed by atoms with Gasteiger partial charge in [-0.05, 0) is 50.3 Å². The van der Waals surface area contributed by atoms with Crippen molar-refractivity contribution in [2.45, 2.75) is 38.7 Å². The van der Waals surface area contributed by atoms with Crippen LogP contribution in [0.1, 0.15) is 42.1 Å². The summed E-state index contributed by atoms with van der Waals surface area (Å²) >= 11 is 1.62. The number of rotatable bonds is 2. The first-order chi connectivity index (χ1) is 12.6. The lowest BCUT2D eigenvalue weighted by Gasteiger charge is -2.09. The van der Waals surface area contributed by atoms with Crippen molar-refractivity contribution in [3.63, 3.8) is 0 Å². The lowest BCUT2D eigenvalue weighted by atomic mass is 9.97. The minimum Gasteiger partial charge on any atom is -0.385 e. The van der Waals surface area contributed by atoms with Crippen molar-refractivity contribution in [1.29, 1.82) is 0 Å². The van der Waals surface area contributed by atoms with E-state index >= 15 is 0 Å². The normalized spacial score (nSPS) is 15.5. The van der Waals surface area contributed by atoms with Gasteiger partial charge in [-0.15, -0.1) is 16.4 Å². The second-order valence-corrected chi connectivity index (χ2v) is 7.81. The number of aliphatic hydroxyl groups is 1. The standard InChI is InChI=1S/C19H18N4O2S/c1-11(24)16-21-23-18(25)15-13-9-5-6-10-14(13)26-17(15)20-19(23)22(16)12-7-3-2-4-8-12/h2-4,7-8,11,24H,5-6,9-10H2,1H3. The molecule has 3 aromatic heterocycles. The van der Waals surface area contributed by atoms with Gasteiger partial charge in [0.05, 0.1) is 11.1 Å². The molecule has 0 bridgehead atoms. The number of benzene rings is 1. The Hall–Kier alpha value is -2.51. The molecule has 1 atom stereocenters. The zero-order valence-electron chi connectivity index (χ0n) is 14.3. The van der Waals surface area contributed by atoms with Gasteiger partial charge in [0.1, 0.15) is 10.9 Å². The van der Waals surface area contributed by atoms with Crippen LogP contribution in [0.15, 0.2) is 35.1 Å². The van der Waals surface area contributed by atoms with Crippen molar-refractivity contribution < 1.29 is 5.11 Å². The van der Waals surface area contributed by atoms with Gasteiger partial charge in [0.15, 0.2) is 5.82 Å². The smallest absolute Gasteiger partial charge is 0.284 e. The second kappa shape index (κ2) is 5.75. The lowest BCUT2D eigenvalue weighted by Crippen LogP contribution is -2.17. The van der Waals surface area contributed by atoms with E-state index in [1.165, 1.54) is 15.8 Å². The van der Waals surface area contributed by atoms with Crippen LogP contribution in [0.4, 0.5) is 0 Å². The molecule has 0 fully saturated rings. The molecule has 6 nitrogen and oxygen atoms in total. The molecule has 0 amide bonds. The van der Waals surface area contributed by atoms with Crippen LogP contribution in [0.25, 0.3) is 21.7 Å². The number of nitrogens with zero attached hydrogens (tertiary/aromatic N) is 4. The Kier molecular flexibility index (Phi) is 3.48. The molecule has 0 radical (unpaired) electrons. The number of fused-ring (bicyclic) bond motifs is 4. The first kappa shape index (κ1) is 15.7. The van der Waals surface area contributed by atoms with Gasteiger partial charge in [0.25, 0.3) is 5.56 Å². The summed E-state index contributed by atoms with van der Waals surface area (Å²) < 4.78 is 3.11. The molecular formula is C19H18N4O2S. The Balaban J connectivity index is 1.91. The maximum atomic E-state index is 13.2. The largest absolute Gasteiger partial charge is 0.385 e. The Labute approximate surface area is 153 Å². The predicted octanol–water partition coefficient (Wildman–Crippen LogP) is 3.03. The summed E-state index contributed by atoms with van der Waals surface area (Å²) in [6.07, 6.45) is 3.42. The molecule has 1 aromatic carbocycles. The number of aliphatic hydroxyl groups excluding tert-OH is 1. The maximum absolute atomic E-state index is 13.2. The molecule has 26 heavy (non-hydrogen) atoms. The first-order valence-electron chi connectivity index (χ1n) is 8.84. The zero-order valence-corrected chi connectivity index (χ0v) is 15.2. The van der Waals surface area contributed by atoms with Crippen LogP contribution in [0.5, 0.6) is 0 Å². The van der Waals surface area contributed by atoms with Crippen LogP contribution in [0, 0.1) is 0 Å². The van der Waals surface area contributed by atoms with Gasteiger partial charge in [-0.25, -0.2) is 4.98 Å². The number of hydrogen-bond donors (Lipinski definition) is 1. The van der Waals surface area contributed by atoms with Crippen LogP contribution < -0.4 is 5.56 Å². The first-order valence-corrected chi connectivity index (χ1v) is 9.66. The van der Waals surface area contributed by atoms with E-state index < -0.39 is 6.10 Å². The van der Waals surface area contributed by atoms with Crippen LogP contribution in [-0.2, 0) is 12.8 Å². The Morgan fingerprint density at radius 2 is 1.96 bits per heavy atom. The Morgan fingerprint density at radius 1 is 1.19 bits per heavy atom. The molecular weight excluding hydrogens is 348 g/mol. The Bertz CT molecular complexity index is 1190. The topological polar surface area (TPSA) is 72.4 Å². The summed E-state index contributed by atoms with van der Waals surface area (Å²) in [6, 6.07) is 9.60. The summed E-state index contributed by atoms with van der Waals surface area (Å²) in [7, 11) is 0. The van der Waals surface area contributed by atoms with Gasteiger partial charge < -0.3 is 5.11 Å². The van der Waals surface area contributed by atoms with Crippen molar-refractivity contribution in [2.24, 2.45) is 0 Å². The van der Waals surface area contributed by atoms with E-state index in [1.54, 1.807) is 22.8 Å². The second-order valence-electron chi connectivity index (χ2n) is 6.72. The van der Waals surface area contributed by atoms with Gasteiger partial charge in [0.2, 0.25) is 5.78 Å². The lowest BCUT2D eigenvalue weighted by molar-refractivity contribution is 0.186. The average molecular weight is 366 g/mol. The highest BCUT2D eigenvalue weighted by molar-refractivity contribution is 7.18. The summed E-state index contributed by atoms with van der Waals surface area (Å²) in [6.45, 7) is 1.65. The Morgan fingerprint density at radius 3 is 2.73 bits per heavy atom. The molecule has 1 N–H and O–H groups in total. The molecule has 5 rings (SSSR count). The van der Waals surface area contributed by atoms with Crippen molar-refractivity contribution in [2.75, 3.05) is 0 Å². The number of aromatic nitrogens is 4. The third-order valence-corrected chi connectivity index (χ3v) is 6.16. The van der Waals surface area contributed by atoms with Gasteiger partial charge in [-0.2, -0.15) is 4.52 Å². The van der Waals surface area contributed by atoms with E-state index in [-0.39, 0.29) is 5.56 Å². The SMILES string of the molecule is CC(O)c1nn2c(=O)c3c4c(sc3nc2n1-c1ccccc1)CCCC4. The van der Waals surface area contributed by atoms with E-state index in [1.807, 2.05) is 30.3 Å². The van der Waals surface area contributed by atoms with Crippen molar-refractivity contribution in [3.05, 3.63) is 57.0 Å². The van der Waals surface area contributed by atoms with E-state index in [0.717, 1.165) is 35.3 Å². The fraction of sp³-hybridized carbons (Fsp3) is 0.316. The highest BCUT2D eigenvalue weighted by Gasteiger charge is 2.24. The molecule has 3 heterocycles. The highest BCUT2D eigenvalue weighted by atomic mass is 32.1. The van der Waals surface area contributed by atoms with E-state index in [0.29, 0.717) is 17.0 Å². The summed E-state index contributed by atoms with van der Waals surface area (Å²) in [4.78, 5) is 20.1. The molecule has 0 saturated heterocycles. The fourth-order valence-corrected chi connectivity index (χ4v) is 5.01. The van der Waals surface area contributed by atoms with Crippen LogP contribution >= 0.6 is 11.3 Å². The minimum atomic E-state index is -0.816. The zero-order chi connectivity index (χ0) is 17.8. The molecule has 0 saturated carbocycles. The highest BCUT2D eigenvalue weighted by Crippen LogP contribution is 2.34. The molecule has 4 aromatic rings. The molecule has 1 aliphatic carbocycles. The summed E-state index contributed by atoms with van der Waals surface area (Å²) in [5, 5.41) is 15.3. The maximum Gasteiger partial charge on any atom is 0.284 e. The molecule has 0 spiro atoms. The third kappa shape index (κ3) is 2.17. The monoisotopic (exact) mass is 366 g/mol. The van der Waals surface area contributed by atoms with Crippen LogP contribution in [-0.4, -0.2) is 24.3 Å².